The number of halogens is 1. The molecule has 1 aliphatic rings. The highest BCUT2D eigenvalue weighted by Gasteiger charge is 2.34. The van der Waals surface area contributed by atoms with Gasteiger partial charge >= 0.3 is 5.97 Å². The van der Waals surface area contributed by atoms with Crippen LogP contribution in [0.3, 0.4) is 0 Å². The Kier molecular flexibility index (Phi) is 5.00. The molecule has 1 aromatic heterocycles. The number of esters is 1. The second kappa shape index (κ2) is 6.57. The lowest BCUT2D eigenvalue weighted by atomic mass is 10.1. The molecule has 0 spiro atoms. The molecular formula is C13H19BrN4O3. The lowest BCUT2D eigenvalue weighted by Gasteiger charge is -2.29. The van der Waals surface area contributed by atoms with E-state index in [2.05, 4.69) is 25.8 Å². The molecule has 0 aromatic carbocycles. The molecule has 0 radical (unpaired) electrons. The summed E-state index contributed by atoms with van der Waals surface area (Å²) in [6.45, 7) is 0.319. The second-order valence-corrected chi connectivity index (χ2v) is 5.93. The minimum atomic E-state index is -0.518. The Morgan fingerprint density at radius 2 is 2.33 bits per heavy atom. The number of hydrogen-bond acceptors (Lipinski definition) is 6. The summed E-state index contributed by atoms with van der Waals surface area (Å²) < 4.78 is 5.99. The number of rotatable bonds is 6. The van der Waals surface area contributed by atoms with E-state index in [4.69, 9.17) is 5.73 Å². The van der Waals surface area contributed by atoms with E-state index in [0.29, 0.717) is 22.6 Å². The SMILES string of the molecule is COC(=O)Cn1ncc(N(C)C(CN)C2CC2)c(Br)c1=O. The molecule has 116 valence electrons. The van der Waals surface area contributed by atoms with Crippen LogP contribution in [0.2, 0.25) is 0 Å². The van der Waals surface area contributed by atoms with Crippen LogP contribution in [0.4, 0.5) is 5.69 Å². The quantitative estimate of drug-likeness (QED) is 0.738. The van der Waals surface area contributed by atoms with Crippen molar-refractivity contribution in [1.29, 1.82) is 0 Å². The van der Waals surface area contributed by atoms with Crippen LogP contribution < -0.4 is 16.2 Å². The van der Waals surface area contributed by atoms with Crippen molar-refractivity contribution < 1.29 is 9.53 Å². The first kappa shape index (κ1) is 16.0. The zero-order chi connectivity index (χ0) is 15.6. The second-order valence-electron chi connectivity index (χ2n) is 5.13. The maximum atomic E-state index is 12.2. The van der Waals surface area contributed by atoms with E-state index in [1.54, 1.807) is 6.20 Å². The first-order valence-corrected chi connectivity index (χ1v) is 7.54. The number of carbonyl (C=O) groups excluding carboxylic acids is 1. The fourth-order valence-corrected chi connectivity index (χ4v) is 2.91. The van der Waals surface area contributed by atoms with Crippen molar-refractivity contribution in [2.75, 3.05) is 25.6 Å². The first-order chi connectivity index (χ1) is 9.99. The summed E-state index contributed by atoms with van der Waals surface area (Å²) in [5.74, 6) is 0.0554. The van der Waals surface area contributed by atoms with Gasteiger partial charge in [0.1, 0.15) is 11.0 Å². The van der Waals surface area contributed by atoms with Crippen LogP contribution in [0.25, 0.3) is 0 Å². The summed E-state index contributed by atoms with van der Waals surface area (Å²) in [6.07, 6.45) is 3.90. The molecule has 0 aliphatic heterocycles. The fourth-order valence-electron chi connectivity index (χ4n) is 2.33. The van der Waals surface area contributed by atoms with E-state index in [1.807, 2.05) is 11.9 Å². The third-order valence-corrected chi connectivity index (χ3v) is 4.50. The highest BCUT2D eigenvalue weighted by atomic mass is 79.9. The average molecular weight is 359 g/mol. The summed E-state index contributed by atoms with van der Waals surface area (Å²) in [7, 11) is 3.17. The molecule has 2 N–H and O–H groups in total. The molecule has 1 atom stereocenters. The van der Waals surface area contributed by atoms with Gasteiger partial charge in [0.15, 0.2) is 0 Å². The lowest BCUT2D eigenvalue weighted by molar-refractivity contribution is -0.141. The van der Waals surface area contributed by atoms with Crippen molar-refractivity contribution >= 4 is 27.6 Å². The number of ether oxygens (including phenoxy) is 1. The van der Waals surface area contributed by atoms with Gasteiger partial charge in [-0.2, -0.15) is 5.10 Å². The van der Waals surface area contributed by atoms with Crippen LogP contribution in [0, 0.1) is 5.92 Å². The van der Waals surface area contributed by atoms with Gasteiger partial charge in [0, 0.05) is 19.6 Å². The molecule has 7 nitrogen and oxygen atoms in total. The highest BCUT2D eigenvalue weighted by Crippen LogP contribution is 2.36. The number of anilines is 1. The molecule has 1 fully saturated rings. The van der Waals surface area contributed by atoms with Crippen LogP contribution in [0.5, 0.6) is 0 Å². The predicted octanol–water partition coefficient (Wildman–Crippen LogP) is 0.352. The molecule has 1 aliphatic carbocycles. The fraction of sp³-hybridized carbons (Fsp3) is 0.615. The van der Waals surface area contributed by atoms with Gasteiger partial charge < -0.3 is 15.4 Å². The molecule has 1 aromatic rings. The normalized spacial score (nSPS) is 15.6. The largest absolute Gasteiger partial charge is 0.468 e. The summed E-state index contributed by atoms with van der Waals surface area (Å²) in [5, 5.41) is 4.04. The van der Waals surface area contributed by atoms with Gasteiger partial charge in [-0.25, -0.2) is 4.68 Å². The predicted molar refractivity (Wildman–Crippen MR) is 82.2 cm³/mol. The monoisotopic (exact) mass is 358 g/mol. The standard InChI is InChI=1S/C13H19BrN4O3/c1-17(9(5-15)8-3-4-8)10-6-16-18(7-11(19)21-2)13(20)12(10)14/h6,8-9H,3-5,7,15H2,1-2H3. The van der Waals surface area contributed by atoms with Crippen molar-refractivity contribution in [3.63, 3.8) is 0 Å². The smallest absolute Gasteiger partial charge is 0.327 e. The van der Waals surface area contributed by atoms with E-state index in [1.165, 1.54) is 7.11 Å². The molecule has 1 saturated carbocycles. The van der Waals surface area contributed by atoms with Crippen molar-refractivity contribution in [2.24, 2.45) is 11.7 Å². The number of methoxy groups -OCH3 is 1. The molecule has 8 heteroatoms. The number of carbonyl (C=O) groups is 1. The minimum Gasteiger partial charge on any atom is -0.468 e. The van der Waals surface area contributed by atoms with Crippen molar-refractivity contribution in [2.45, 2.75) is 25.4 Å². The van der Waals surface area contributed by atoms with Gasteiger partial charge in [-0.05, 0) is 34.7 Å². The third kappa shape index (κ3) is 3.44. The zero-order valence-corrected chi connectivity index (χ0v) is 13.7. The van der Waals surface area contributed by atoms with E-state index in [0.717, 1.165) is 17.5 Å². The number of likely N-dealkylation sites (N-methyl/N-ethyl adjacent to an activating group) is 1. The summed E-state index contributed by atoms with van der Waals surface area (Å²) in [4.78, 5) is 25.5. The van der Waals surface area contributed by atoms with Gasteiger partial charge in [0.2, 0.25) is 0 Å². The van der Waals surface area contributed by atoms with E-state index in [9.17, 15) is 9.59 Å². The van der Waals surface area contributed by atoms with Crippen LogP contribution in [-0.2, 0) is 16.1 Å². The molecule has 1 unspecified atom stereocenters. The van der Waals surface area contributed by atoms with Gasteiger partial charge in [-0.1, -0.05) is 0 Å². The molecule has 21 heavy (non-hydrogen) atoms. The van der Waals surface area contributed by atoms with Crippen molar-refractivity contribution in [3.8, 4) is 0 Å². The number of aromatic nitrogens is 2. The third-order valence-electron chi connectivity index (χ3n) is 3.76. The van der Waals surface area contributed by atoms with Gasteiger partial charge in [-0.15, -0.1) is 0 Å². The van der Waals surface area contributed by atoms with Gasteiger partial charge in [0.05, 0.1) is 19.0 Å². The molecule has 0 amide bonds. The lowest BCUT2D eigenvalue weighted by Crippen LogP contribution is -2.41. The molecule has 2 rings (SSSR count). The van der Waals surface area contributed by atoms with Crippen molar-refractivity contribution in [3.05, 3.63) is 21.0 Å². The van der Waals surface area contributed by atoms with Gasteiger partial charge in [-0.3, -0.25) is 9.59 Å². The number of nitrogens with two attached hydrogens (primary N) is 1. The number of nitrogens with zero attached hydrogens (tertiary/aromatic N) is 3. The Labute approximate surface area is 131 Å². The molecular weight excluding hydrogens is 340 g/mol. The van der Waals surface area contributed by atoms with Crippen LogP contribution in [-0.4, -0.2) is 42.5 Å². The first-order valence-electron chi connectivity index (χ1n) is 6.75. The average Bonchev–Trinajstić information content (AvgIpc) is 3.29. The van der Waals surface area contributed by atoms with Crippen molar-refractivity contribution in [1.82, 2.24) is 9.78 Å². The van der Waals surface area contributed by atoms with Gasteiger partial charge in [0.25, 0.3) is 5.56 Å². The van der Waals surface area contributed by atoms with E-state index in [-0.39, 0.29) is 18.1 Å². The van der Waals surface area contributed by atoms with Crippen LogP contribution >= 0.6 is 15.9 Å². The summed E-state index contributed by atoms with van der Waals surface area (Å²) in [6, 6.07) is 0.193. The maximum Gasteiger partial charge on any atom is 0.327 e. The minimum absolute atomic E-state index is 0.193. The molecule has 0 bridgehead atoms. The Morgan fingerprint density at radius 3 is 2.86 bits per heavy atom. The number of hydrogen-bond donors (Lipinski definition) is 1. The molecule has 0 saturated heterocycles. The Bertz CT molecular complexity index is 585. The highest BCUT2D eigenvalue weighted by molar-refractivity contribution is 9.10. The van der Waals surface area contributed by atoms with E-state index < -0.39 is 5.97 Å². The van der Waals surface area contributed by atoms with Crippen LogP contribution in [0.15, 0.2) is 15.5 Å². The van der Waals surface area contributed by atoms with Crippen LogP contribution in [0.1, 0.15) is 12.8 Å². The maximum absolute atomic E-state index is 12.2. The van der Waals surface area contributed by atoms with E-state index >= 15 is 0 Å². The zero-order valence-electron chi connectivity index (χ0n) is 12.1. The summed E-state index contributed by atoms with van der Waals surface area (Å²) in [5.41, 5.74) is 6.15. The topological polar surface area (TPSA) is 90.5 Å². The molecule has 1 heterocycles. The Hall–Kier alpha value is -1.41. The summed E-state index contributed by atoms with van der Waals surface area (Å²) >= 11 is 3.30. The Morgan fingerprint density at radius 1 is 1.67 bits per heavy atom. The Balaban J connectivity index is 2.27.